The van der Waals surface area contributed by atoms with Crippen molar-refractivity contribution in [2.24, 2.45) is 0 Å². The van der Waals surface area contributed by atoms with Gasteiger partial charge in [0.1, 0.15) is 0 Å². The van der Waals surface area contributed by atoms with Gasteiger partial charge in [-0.15, -0.1) is 11.3 Å². The van der Waals surface area contributed by atoms with E-state index in [-0.39, 0.29) is 5.91 Å². The molecular formula is C13H22N2O3S2. The highest BCUT2D eigenvalue weighted by atomic mass is 32.2. The molecule has 2 N–H and O–H groups in total. The molecule has 0 bridgehead atoms. The smallest absolute Gasteiger partial charge is 0.220 e. The molecule has 0 spiro atoms. The van der Waals surface area contributed by atoms with Gasteiger partial charge in [-0.1, -0.05) is 0 Å². The number of methoxy groups -OCH3 is 1. The van der Waals surface area contributed by atoms with E-state index >= 15 is 0 Å². The van der Waals surface area contributed by atoms with Gasteiger partial charge in [-0.2, -0.15) is 11.8 Å². The van der Waals surface area contributed by atoms with E-state index in [4.69, 9.17) is 4.74 Å². The molecule has 0 aliphatic rings. The number of nitrogens with one attached hydrogen (secondary N) is 1. The van der Waals surface area contributed by atoms with Crippen molar-refractivity contribution in [1.29, 1.82) is 0 Å². The van der Waals surface area contributed by atoms with E-state index in [1.54, 1.807) is 30.2 Å². The summed E-state index contributed by atoms with van der Waals surface area (Å²) in [7, 11) is 1.54. The molecule has 1 aromatic rings. The molecule has 0 aliphatic carbocycles. The minimum Gasteiger partial charge on any atom is -0.391 e. The zero-order chi connectivity index (χ0) is 14.8. The first-order valence-electron chi connectivity index (χ1n) is 6.54. The highest BCUT2D eigenvalue weighted by Crippen LogP contribution is 2.15. The Morgan fingerprint density at radius 1 is 1.65 bits per heavy atom. The van der Waals surface area contributed by atoms with Gasteiger partial charge in [0, 0.05) is 37.0 Å². The molecule has 0 fully saturated rings. The minimum atomic E-state index is -0.511. The fourth-order valence-corrected chi connectivity index (χ4v) is 3.11. The van der Waals surface area contributed by atoms with Crippen LogP contribution in [0.2, 0.25) is 0 Å². The fraction of sp³-hybridized carbons (Fsp3) is 0.692. The largest absolute Gasteiger partial charge is 0.391 e. The van der Waals surface area contributed by atoms with Crippen LogP contribution in [-0.4, -0.2) is 48.1 Å². The third-order valence-electron chi connectivity index (χ3n) is 2.55. The molecular weight excluding hydrogens is 296 g/mol. The van der Waals surface area contributed by atoms with Crippen molar-refractivity contribution < 1.29 is 14.6 Å². The standard InChI is InChI=1S/C13H22N2O3S2/c1-10-15-11(9-20-10)8-19-6-4-13(17)14-5-3-12(16)7-18-2/h9,12,16H,3-8H2,1-2H3,(H,14,17). The van der Waals surface area contributed by atoms with E-state index in [9.17, 15) is 9.90 Å². The molecule has 1 atom stereocenters. The molecule has 1 rings (SSSR count). The Labute approximate surface area is 128 Å². The van der Waals surface area contributed by atoms with Crippen molar-refractivity contribution in [3.8, 4) is 0 Å². The van der Waals surface area contributed by atoms with Crippen molar-refractivity contribution >= 4 is 29.0 Å². The van der Waals surface area contributed by atoms with E-state index in [2.05, 4.69) is 15.7 Å². The number of amides is 1. The summed E-state index contributed by atoms with van der Waals surface area (Å²) in [6.07, 6.45) is 0.501. The predicted molar refractivity (Wildman–Crippen MR) is 83.1 cm³/mol. The third kappa shape index (κ3) is 7.84. The van der Waals surface area contributed by atoms with Crippen molar-refractivity contribution in [2.45, 2.75) is 31.6 Å². The summed E-state index contributed by atoms with van der Waals surface area (Å²) in [5, 5.41) is 15.3. The first kappa shape index (κ1) is 17.4. The number of thioether (sulfide) groups is 1. The van der Waals surface area contributed by atoms with E-state index in [1.165, 1.54) is 0 Å². The molecule has 1 unspecified atom stereocenters. The Balaban J connectivity index is 2.00. The topological polar surface area (TPSA) is 71.5 Å². The number of aliphatic hydroxyl groups excluding tert-OH is 1. The van der Waals surface area contributed by atoms with Crippen molar-refractivity contribution in [1.82, 2.24) is 10.3 Å². The molecule has 0 saturated carbocycles. The van der Waals surface area contributed by atoms with Gasteiger partial charge < -0.3 is 15.2 Å². The number of rotatable bonds is 10. The number of aryl methyl sites for hydroxylation is 1. The van der Waals surface area contributed by atoms with Crippen LogP contribution in [0, 0.1) is 6.92 Å². The minimum absolute atomic E-state index is 0.0246. The van der Waals surface area contributed by atoms with Gasteiger partial charge in [0.25, 0.3) is 0 Å². The summed E-state index contributed by atoms with van der Waals surface area (Å²) in [6, 6.07) is 0. The molecule has 114 valence electrons. The van der Waals surface area contributed by atoms with Crippen LogP contribution >= 0.6 is 23.1 Å². The molecule has 5 nitrogen and oxygen atoms in total. The van der Waals surface area contributed by atoms with Gasteiger partial charge in [-0.3, -0.25) is 4.79 Å². The lowest BCUT2D eigenvalue weighted by Crippen LogP contribution is -2.28. The summed E-state index contributed by atoms with van der Waals surface area (Å²) in [6.45, 7) is 2.78. The summed E-state index contributed by atoms with van der Waals surface area (Å²) >= 11 is 3.36. The fourth-order valence-electron chi connectivity index (χ4n) is 1.56. The molecule has 0 radical (unpaired) electrons. The SMILES string of the molecule is COCC(O)CCNC(=O)CCSCc1csc(C)n1. The van der Waals surface area contributed by atoms with Crippen LogP contribution in [0.25, 0.3) is 0 Å². The van der Waals surface area contributed by atoms with Crippen LogP contribution in [0.4, 0.5) is 0 Å². The maximum atomic E-state index is 11.5. The summed E-state index contributed by atoms with van der Waals surface area (Å²) in [5.41, 5.74) is 1.08. The lowest BCUT2D eigenvalue weighted by Gasteiger charge is -2.09. The monoisotopic (exact) mass is 318 g/mol. The number of ether oxygens (including phenoxy) is 1. The number of thiazole rings is 1. The van der Waals surface area contributed by atoms with Gasteiger partial charge in [-0.05, 0) is 13.3 Å². The number of nitrogens with zero attached hydrogens (tertiary/aromatic N) is 1. The zero-order valence-electron chi connectivity index (χ0n) is 11.9. The lowest BCUT2D eigenvalue weighted by molar-refractivity contribution is -0.120. The average Bonchev–Trinajstić information content (AvgIpc) is 2.81. The number of aromatic nitrogens is 1. The summed E-state index contributed by atoms with van der Waals surface area (Å²) in [5.74, 6) is 1.66. The third-order valence-corrected chi connectivity index (χ3v) is 4.36. The molecule has 0 aliphatic heterocycles. The van der Waals surface area contributed by atoms with Crippen LogP contribution in [0.3, 0.4) is 0 Å². The Morgan fingerprint density at radius 3 is 3.10 bits per heavy atom. The second kappa shape index (κ2) is 10.1. The van der Waals surface area contributed by atoms with Crippen LogP contribution < -0.4 is 5.32 Å². The van der Waals surface area contributed by atoms with Gasteiger partial charge in [0.2, 0.25) is 5.91 Å². The Hall–Kier alpha value is -0.630. The Kier molecular flexibility index (Phi) is 8.84. The van der Waals surface area contributed by atoms with Crippen molar-refractivity contribution in [3.05, 3.63) is 16.1 Å². The maximum absolute atomic E-state index is 11.5. The Bertz CT molecular complexity index is 399. The van der Waals surface area contributed by atoms with Crippen LogP contribution in [0.1, 0.15) is 23.5 Å². The summed E-state index contributed by atoms with van der Waals surface area (Å²) in [4.78, 5) is 15.9. The van der Waals surface area contributed by atoms with Gasteiger partial charge in [0.15, 0.2) is 0 Å². The van der Waals surface area contributed by atoms with Gasteiger partial charge in [0.05, 0.1) is 23.4 Å². The number of aliphatic hydroxyl groups is 1. The van der Waals surface area contributed by atoms with Crippen LogP contribution in [-0.2, 0) is 15.3 Å². The lowest BCUT2D eigenvalue weighted by atomic mass is 10.2. The average molecular weight is 318 g/mol. The van der Waals surface area contributed by atoms with Gasteiger partial charge in [-0.25, -0.2) is 4.98 Å². The molecule has 1 amide bonds. The molecule has 7 heteroatoms. The van der Waals surface area contributed by atoms with E-state index in [1.807, 2.05) is 6.92 Å². The molecule has 0 aromatic carbocycles. The molecule has 1 heterocycles. The number of hydrogen-bond acceptors (Lipinski definition) is 6. The van der Waals surface area contributed by atoms with Crippen LogP contribution in [0.15, 0.2) is 5.38 Å². The molecule has 0 saturated heterocycles. The normalized spacial score (nSPS) is 12.3. The second-order valence-electron chi connectivity index (χ2n) is 4.41. The maximum Gasteiger partial charge on any atom is 0.220 e. The highest BCUT2D eigenvalue weighted by Gasteiger charge is 2.06. The van der Waals surface area contributed by atoms with Gasteiger partial charge >= 0.3 is 0 Å². The first-order chi connectivity index (χ1) is 9.61. The first-order valence-corrected chi connectivity index (χ1v) is 8.57. The molecule has 20 heavy (non-hydrogen) atoms. The molecule has 1 aromatic heterocycles. The number of carbonyl (C=O) groups is 1. The second-order valence-corrected chi connectivity index (χ2v) is 6.58. The zero-order valence-corrected chi connectivity index (χ0v) is 13.6. The Morgan fingerprint density at radius 2 is 2.45 bits per heavy atom. The van der Waals surface area contributed by atoms with E-state index in [0.29, 0.717) is 26.0 Å². The van der Waals surface area contributed by atoms with E-state index < -0.39 is 6.10 Å². The summed E-state index contributed by atoms with van der Waals surface area (Å²) < 4.78 is 4.81. The van der Waals surface area contributed by atoms with Crippen molar-refractivity contribution in [3.63, 3.8) is 0 Å². The predicted octanol–water partition coefficient (Wildman–Crippen LogP) is 1.59. The van der Waals surface area contributed by atoms with Crippen LogP contribution in [0.5, 0.6) is 0 Å². The highest BCUT2D eigenvalue weighted by molar-refractivity contribution is 7.98. The van der Waals surface area contributed by atoms with E-state index in [0.717, 1.165) is 22.2 Å². The number of hydrogen-bond donors (Lipinski definition) is 2. The number of carbonyl (C=O) groups excluding carboxylic acids is 1. The van der Waals surface area contributed by atoms with Crippen molar-refractivity contribution in [2.75, 3.05) is 26.0 Å². The quantitative estimate of drug-likeness (QED) is 0.641.